The van der Waals surface area contributed by atoms with E-state index >= 15 is 0 Å². The summed E-state index contributed by atoms with van der Waals surface area (Å²) in [6.45, 7) is 2.81. The number of nitrogens with zero attached hydrogens (tertiary/aromatic N) is 1. The number of nitrogens with one attached hydrogen (secondary N) is 3. The second kappa shape index (κ2) is 10.4. The Morgan fingerprint density at radius 1 is 1.11 bits per heavy atom. The van der Waals surface area contributed by atoms with Gasteiger partial charge in [-0.15, -0.1) is 0 Å². The van der Waals surface area contributed by atoms with Crippen molar-refractivity contribution in [1.29, 1.82) is 0 Å². The van der Waals surface area contributed by atoms with E-state index < -0.39 is 11.5 Å². The fraction of sp³-hybridized carbons (Fsp3) is 0.556. The number of benzene rings is 1. The highest BCUT2D eigenvalue weighted by molar-refractivity contribution is 6.07. The summed E-state index contributed by atoms with van der Waals surface area (Å²) in [5.41, 5.74) is 2.55. The minimum Gasteiger partial charge on any atom is -0.381 e. The Kier molecular flexibility index (Phi) is 7.09. The Morgan fingerprint density at radius 3 is 2.53 bits per heavy atom. The van der Waals surface area contributed by atoms with Crippen LogP contribution in [0, 0.1) is 12.8 Å². The predicted molar refractivity (Wildman–Crippen MR) is 134 cm³/mol. The molecule has 1 saturated heterocycles. The molecule has 3 N–H and O–H groups in total. The monoisotopic (exact) mass is 494 g/mol. The first-order valence-electron chi connectivity index (χ1n) is 13.0. The normalized spacial score (nSPS) is 20.6. The lowest BCUT2D eigenvalue weighted by molar-refractivity contribution is -0.124. The second-order valence-corrected chi connectivity index (χ2v) is 10.3. The van der Waals surface area contributed by atoms with Gasteiger partial charge in [0.05, 0.1) is 11.1 Å². The van der Waals surface area contributed by atoms with Crippen LogP contribution in [0.4, 0.5) is 11.4 Å². The van der Waals surface area contributed by atoms with Crippen molar-refractivity contribution in [2.75, 3.05) is 23.8 Å². The van der Waals surface area contributed by atoms with E-state index in [-0.39, 0.29) is 23.6 Å². The summed E-state index contributed by atoms with van der Waals surface area (Å²) in [5.74, 6) is -0.589. The molecule has 1 aromatic carbocycles. The molecule has 3 aliphatic rings. The minimum atomic E-state index is -0.686. The molecule has 1 aliphatic carbocycles. The van der Waals surface area contributed by atoms with Gasteiger partial charge in [0, 0.05) is 24.6 Å². The molecule has 2 fully saturated rings. The van der Waals surface area contributed by atoms with Crippen molar-refractivity contribution in [3.8, 4) is 0 Å². The summed E-state index contributed by atoms with van der Waals surface area (Å²) in [6, 6.07) is 4.90. The molecule has 36 heavy (non-hydrogen) atoms. The van der Waals surface area contributed by atoms with Gasteiger partial charge in [0.1, 0.15) is 17.9 Å². The van der Waals surface area contributed by atoms with Crippen LogP contribution in [0.1, 0.15) is 79.4 Å². The molecule has 0 unspecified atom stereocenters. The van der Waals surface area contributed by atoms with Crippen molar-refractivity contribution < 1.29 is 23.6 Å². The van der Waals surface area contributed by atoms with Crippen molar-refractivity contribution in [2.45, 2.75) is 76.2 Å². The average Bonchev–Trinajstić information content (AvgIpc) is 3.39. The topological polar surface area (TPSA) is 123 Å². The zero-order valence-electron chi connectivity index (χ0n) is 20.7. The zero-order valence-corrected chi connectivity index (χ0v) is 20.7. The number of hydrogen-bond donors (Lipinski definition) is 3. The number of aryl methyl sites for hydroxylation is 1. The first-order chi connectivity index (χ1) is 17.5. The molecule has 9 nitrogen and oxygen atoms in total. The molecule has 1 saturated carbocycles. The van der Waals surface area contributed by atoms with E-state index in [4.69, 9.17) is 9.26 Å². The molecular formula is C27H34N4O5. The second-order valence-electron chi connectivity index (χ2n) is 10.3. The first kappa shape index (κ1) is 24.5. The highest BCUT2D eigenvalue weighted by Crippen LogP contribution is 2.45. The lowest BCUT2D eigenvalue weighted by atomic mass is 9.75. The van der Waals surface area contributed by atoms with Crippen LogP contribution in [0.25, 0.3) is 0 Å². The highest BCUT2D eigenvalue weighted by atomic mass is 16.5. The maximum Gasteiger partial charge on any atom is 0.257 e. The van der Waals surface area contributed by atoms with E-state index in [1.165, 1.54) is 12.7 Å². The van der Waals surface area contributed by atoms with E-state index in [2.05, 4.69) is 21.1 Å². The molecule has 1 aromatic heterocycles. The van der Waals surface area contributed by atoms with Crippen LogP contribution in [0.2, 0.25) is 0 Å². The number of ether oxygens (including phenoxy) is 1. The van der Waals surface area contributed by atoms with Crippen LogP contribution in [-0.4, -0.2) is 42.1 Å². The van der Waals surface area contributed by atoms with Gasteiger partial charge >= 0.3 is 0 Å². The van der Waals surface area contributed by atoms with Gasteiger partial charge < -0.3 is 25.2 Å². The van der Waals surface area contributed by atoms with Crippen LogP contribution in [0.5, 0.6) is 0 Å². The van der Waals surface area contributed by atoms with Crippen molar-refractivity contribution in [1.82, 2.24) is 10.5 Å². The average molecular weight is 495 g/mol. The predicted octanol–water partition coefficient (Wildman–Crippen LogP) is 4.08. The number of hydrogen-bond acceptors (Lipinski definition) is 6. The minimum absolute atomic E-state index is 0.00646. The van der Waals surface area contributed by atoms with Crippen LogP contribution >= 0.6 is 0 Å². The van der Waals surface area contributed by atoms with Crippen LogP contribution in [-0.2, 0) is 19.7 Å². The van der Waals surface area contributed by atoms with Gasteiger partial charge in [0.25, 0.3) is 5.91 Å². The summed E-state index contributed by atoms with van der Waals surface area (Å²) in [4.78, 5) is 39.5. The summed E-state index contributed by atoms with van der Waals surface area (Å²) < 4.78 is 10.4. The van der Waals surface area contributed by atoms with E-state index in [9.17, 15) is 14.4 Å². The van der Waals surface area contributed by atoms with Gasteiger partial charge in [0.2, 0.25) is 11.8 Å². The Bertz CT molecular complexity index is 1130. The number of amides is 3. The number of carbonyl (C=O) groups excluding carboxylic acids is 3. The Labute approximate surface area is 210 Å². The molecule has 0 bridgehead atoms. The van der Waals surface area contributed by atoms with E-state index in [1.54, 1.807) is 6.92 Å². The SMILES string of the molecule is Cc1nocc1C(=O)N[C@H](C(=O)Nc1ccc2c(c1)NC(=O)C21CCOCC1)C1CCCCCCC1. The molecule has 9 heteroatoms. The lowest BCUT2D eigenvalue weighted by Crippen LogP contribution is -2.48. The smallest absolute Gasteiger partial charge is 0.257 e. The van der Waals surface area contributed by atoms with Crippen molar-refractivity contribution in [2.24, 2.45) is 5.92 Å². The van der Waals surface area contributed by atoms with Crippen LogP contribution < -0.4 is 16.0 Å². The van der Waals surface area contributed by atoms with Crippen molar-refractivity contribution in [3.63, 3.8) is 0 Å². The zero-order chi connectivity index (χ0) is 25.1. The molecule has 192 valence electrons. The Morgan fingerprint density at radius 2 is 1.83 bits per heavy atom. The van der Waals surface area contributed by atoms with E-state index in [0.29, 0.717) is 43.0 Å². The molecule has 1 spiro atoms. The number of rotatable bonds is 5. The number of aromatic nitrogens is 1. The number of carbonyl (C=O) groups is 3. The standard InChI is InChI=1S/C27H34N4O5/c1-17-20(16-36-31-17)24(32)30-23(18-7-5-3-2-4-6-8-18)25(33)28-19-9-10-21-22(15-19)29-26(34)27(21)11-13-35-14-12-27/h9-10,15-16,18,23H,2-8,11-14H2,1H3,(H,28,33)(H,29,34)(H,30,32)/t23-/m0/s1. The third-order valence-electron chi connectivity index (χ3n) is 8.02. The largest absolute Gasteiger partial charge is 0.381 e. The lowest BCUT2D eigenvalue weighted by Gasteiger charge is -2.31. The summed E-state index contributed by atoms with van der Waals surface area (Å²) in [7, 11) is 0. The Balaban J connectivity index is 1.36. The van der Waals surface area contributed by atoms with Gasteiger partial charge in [0.15, 0.2) is 0 Å². The fourth-order valence-electron chi connectivity index (χ4n) is 5.89. The van der Waals surface area contributed by atoms with E-state index in [1.807, 2.05) is 18.2 Å². The summed E-state index contributed by atoms with van der Waals surface area (Å²) >= 11 is 0. The molecule has 2 aromatic rings. The Hall–Kier alpha value is -3.20. The molecule has 2 aliphatic heterocycles. The van der Waals surface area contributed by atoms with Gasteiger partial charge in [-0.3, -0.25) is 14.4 Å². The molecule has 0 radical (unpaired) electrons. The summed E-state index contributed by atoms with van der Waals surface area (Å²) in [6.07, 6.45) is 9.93. The van der Waals surface area contributed by atoms with Crippen molar-refractivity contribution >= 4 is 29.1 Å². The maximum atomic E-state index is 13.6. The van der Waals surface area contributed by atoms with Crippen LogP contribution in [0.3, 0.4) is 0 Å². The third kappa shape index (κ3) is 4.76. The van der Waals surface area contributed by atoms with Gasteiger partial charge in [-0.05, 0) is 56.2 Å². The van der Waals surface area contributed by atoms with E-state index in [0.717, 1.165) is 49.8 Å². The highest BCUT2D eigenvalue weighted by Gasteiger charge is 2.47. The molecule has 1 atom stereocenters. The maximum absolute atomic E-state index is 13.6. The quantitative estimate of drug-likeness (QED) is 0.576. The molecule has 5 rings (SSSR count). The molecular weight excluding hydrogens is 460 g/mol. The summed E-state index contributed by atoms with van der Waals surface area (Å²) in [5, 5.41) is 12.8. The molecule has 3 amide bonds. The van der Waals surface area contributed by atoms with Crippen LogP contribution in [0.15, 0.2) is 29.0 Å². The van der Waals surface area contributed by atoms with Gasteiger partial charge in [-0.1, -0.05) is 43.3 Å². The van der Waals surface area contributed by atoms with Gasteiger partial charge in [-0.25, -0.2) is 0 Å². The third-order valence-corrected chi connectivity index (χ3v) is 8.02. The van der Waals surface area contributed by atoms with Gasteiger partial charge in [-0.2, -0.15) is 0 Å². The van der Waals surface area contributed by atoms with Crippen molar-refractivity contribution in [3.05, 3.63) is 41.3 Å². The fourth-order valence-corrected chi connectivity index (χ4v) is 5.89. The number of fused-ring (bicyclic) bond motifs is 2. The number of anilines is 2. The molecule has 3 heterocycles. The first-order valence-corrected chi connectivity index (χ1v) is 13.0.